The second kappa shape index (κ2) is 8.44. The molecule has 10 heteroatoms. The largest absolute Gasteiger partial charge is 0.396 e. The third-order valence-corrected chi connectivity index (χ3v) is 8.25. The van der Waals surface area contributed by atoms with Gasteiger partial charge in [0.15, 0.2) is 5.82 Å². The van der Waals surface area contributed by atoms with Gasteiger partial charge in [0, 0.05) is 18.7 Å². The summed E-state index contributed by atoms with van der Waals surface area (Å²) in [7, 11) is 0. The van der Waals surface area contributed by atoms with Crippen LogP contribution in [0.25, 0.3) is 22.8 Å². The van der Waals surface area contributed by atoms with Crippen LogP contribution in [0.4, 0.5) is 8.78 Å². The average molecular weight is 504 g/mol. The third kappa shape index (κ3) is 3.42. The van der Waals surface area contributed by atoms with Crippen molar-refractivity contribution < 1.29 is 13.9 Å². The molecule has 6 rings (SSSR count). The Morgan fingerprint density at radius 2 is 1.92 bits per heavy atom. The number of aliphatic hydroxyl groups excluding tert-OH is 1. The molecule has 2 aliphatic rings. The topological polar surface area (TPSA) is 102 Å². The van der Waals surface area contributed by atoms with Crippen molar-refractivity contribution >= 4 is 0 Å². The lowest BCUT2D eigenvalue weighted by atomic mass is 9.66. The first-order valence-electron chi connectivity index (χ1n) is 12.4. The molecule has 2 bridgehead atoms. The number of nitrogens with zero attached hydrogens (tertiary/aromatic N) is 7. The third-order valence-electron chi connectivity index (χ3n) is 8.25. The van der Waals surface area contributed by atoms with Crippen molar-refractivity contribution in [2.75, 3.05) is 6.61 Å². The normalized spacial score (nSPS) is 22.3. The lowest BCUT2D eigenvalue weighted by molar-refractivity contribution is 0.214. The zero-order valence-corrected chi connectivity index (χ0v) is 20.9. The van der Waals surface area contributed by atoms with E-state index in [-0.39, 0.29) is 35.1 Å². The Hall–Kier alpha value is -3.66. The molecule has 4 aromatic rings. The molecule has 1 fully saturated rings. The Balaban J connectivity index is 1.43. The summed E-state index contributed by atoms with van der Waals surface area (Å²) in [6, 6.07) is 7.51. The fraction of sp³-hybridized carbons (Fsp3) is 0.407. The highest BCUT2D eigenvalue weighted by atomic mass is 19.1. The van der Waals surface area contributed by atoms with Crippen LogP contribution in [0, 0.1) is 23.0 Å². The Bertz CT molecular complexity index is 1480. The summed E-state index contributed by atoms with van der Waals surface area (Å²) < 4.78 is 29.0. The monoisotopic (exact) mass is 503 g/mol. The Morgan fingerprint density at radius 1 is 1.14 bits per heavy atom. The summed E-state index contributed by atoms with van der Waals surface area (Å²) in [6.07, 6.45) is 5.08. The molecule has 190 valence electrons. The number of aromatic nitrogens is 7. The molecule has 1 aromatic carbocycles. The zero-order valence-electron chi connectivity index (χ0n) is 20.9. The molecule has 0 unspecified atom stereocenters. The standard InChI is InChI=1S/C27H27F2N7O/c1-15(14-37)13-36-31-12-21(35-36)25-30-10-8-22(32-25)27-9-7-17(26(27,2)3)16-11-20(33-34-24(16)27)23-18(28)5-4-6-19(23)29/h4-6,8,10-12,15,17,37H,7,9,13-14H2,1-3H3/t15-,17+,27+/m1/s1. The predicted molar refractivity (Wildman–Crippen MR) is 131 cm³/mol. The van der Waals surface area contributed by atoms with Crippen molar-refractivity contribution in [3.8, 4) is 22.8 Å². The van der Waals surface area contributed by atoms with E-state index in [4.69, 9.17) is 4.98 Å². The van der Waals surface area contributed by atoms with E-state index in [1.54, 1.807) is 23.3 Å². The van der Waals surface area contributed by atoms with Crippen LogP contribution < -0.4 is 0 Å². The number of hydrogen-bond acceptors (Lipinski definition) is 7. The summed E-state index contributed by atoms with van der Waals surface area (Å²) >= 11 is 0. The second-order valence-electron chi connectivity index (χ2n) is 10.7. The van der Waals surface area contributed by atoms with Gasteiger partial charge in [-0.2, -0.15) is 15.0 Å². The van der Waals surface area contributed by atoms with Crippen LogP contribution >= 0.6 is 0 Å². The van der Waals surface area contributed by atoms with Gasteiger partial charge < -0.3 is 5.11 Å². The SMILES string of the molecule is C[C@@H](CO)Cn1ncc(-c2nccc([C@@]34CC[C@@H](c5cc(-c6c(F)cccc6F)nnc53)C4(C)C)n2)n1. The van der Waals surface area contributed by atoms with E-state index in [0.29, 0.717) is 18.1 Å². The summed E-state index contributed by atoms with van der Waals surface area (Å²) in [6.45, 7) is 6.85. The minimum Gasteiger partial charge on any atom is -0.396 e. The molecule has 3 aromatic heterocycles. The van der Waals surface area contributed by atoms with Crippen molar-refractivity contribution in [2.45, 2.75) is 51.5 Å². The Kier molecular flexibility index (Phi) is 5.41. The maximum atomic E-state index is 14.5. The Morgan fingerprint density at radius 3 is 2.68 bits per heavy atom. The lowest BCUT2D eigenvalue weighted by Gasteiger charge is -2.37. The first-order chi connectivity index (χ1) is 17.8. The van der Waals surface area contributed by atoms with Crippen molar-refractivity contribution in [1.29, 1.82) is 0 Å². The van der Waals surface area contributed by atoms with Crippen LogP contribution in [-0.4, -0.2) is 46.9 Å². The highest BCUT2D eigenvalue weighted by molar-refractivity contribution is 5.64. The van der Waals surface area contributed by atoms with E-state index < -0.39 is 17.0 Å². The number of halogens is 2. The van der Waals surface area contributed by atoms with Crippen molar-refractivity contribution in [1.82, 2.24) is 35.2 Å². The van der Waals surface area contributed by atoms with Gasteiger partial charge in [0.25, 0.3) is 0 Å². The maximum absolute atomic E-state index is 14.5. The van der Waals surface area contributed by atoms with Gasteiger partial charge in [-0.1, -0.05) is 26.8 Å². The Labute approximate surface area is 212 Å². The molecule has 8 nitrogen and oxygen atoms in total. The van der Waals surface area contributed by atoms with Crippen molar-refractivity contribution in [2.24, 2.45) is 11.3 Å². The van der Waals surface area contributed by atoms with Crippen LogP contribution in [0.1, 0.15) is 56.5 Å². The molecule has 0 spiro atoms. The molecule has 0 saturated heterocycles. The van der Waals surface area contributed by atoms with E-state index in [9.17, 15) is 13.9 Å². The number of benzene rings is 1. The molecular formula is C27H27F2N7O. The highest BCUT2D eigenvalue weighted by Crippen LogP contribution is 2.69. The first kappa shape index (κ1) is 23.7. The number of aliphatic hydroxyl groups is 1. The fourth-order valence-corrected chi connectivity index (χ4v) is 6.30. The molecule has 0 radical (unpaired) electrons. The van der Waals surface area contributed by atoms with E-state index >= 15 is 0 Å². The minimum absolute atomic E-state index is 0.0268. The zero-order chi connectivity index (χ0) is 25.9. The van der Waals surface area contributed by atoms with Gasteiger partial charge in [-0.05, 0) is 54.0 Å². The molecule has 2 aliphatic carbocycles. The predicted octanol–water partition coefficient (Wildman–Crippen LogP) is 4.30. The molecular weight excluding hydrogens is 476 g/mol. The summed E-state index contributed by atoms with van der Waals surface area (Å²) in [5.74, 6) is -0.688. The van der Waals surface area contributed by atoms with Crippen LogP contribution in [0.5, 0.6) is 0 Å². The number of hydrogen-bond donors (Lipinski definition) is 1. The summed E-state index contributed by atoms with van der Waals surface area (Å²) in [4.78, 5) is 10.9. The van der Waals surface area contributed by atoms with Gasteiger partial charge >= 0.3 is 0 Å². The molecule has 3 heterocycles. The van der Waals surface area contributed by atoms with Gasteiger partial charge in [-0.3, -0.25) is 0 Å². The fourth-order valence-electron chi connectivity index (χ4n) is 6.30. The van der Waals surface area contributed by atoms with E-state index in [2.05, 4.69) is 39.2 Å². The van der Waals surface area contributed by atoms with Crippen LogP contribution in [0.3, 0.4) is 0 Å². The van der Waals surface area contributed by atoms with Crippen molar-refractivity contribution in [3.05, 3.63) is 71.3 Å². The lowest BCUT2D eigenvalue weighted by Crippen LogP contribution is -2.38. The number of fused-ring (bicyclic) bond motifs is 5. The second-order valence-corrected chi connectivity index (χ2v) is 10.7. The van der Waals surface area contributed by atoms with Crippen LogP contribution in [0.2, 0.25) is 0 Å². The van der Waals surface area contributed by atoms with E-state index in [1.165, 1.54) is 18.2 Å². The molecule has 3 atom stereocenters. The highest BCUT2D eigenvalue weighted by Gasteiger charge is 2.65. The molecule has 0 aliphatic heterocycles. The molecule has 1 N–H and O–H groups in total. The van der Waals surface area contributed by atoms with E-state index in [1.807, 2.05) is 13.0 Å². The molecule has 37 heavy (non-hydrogen) atoms. The maximum Gasteiger partial charge on any atom is 0.181 e. The average Bonchev–Trinajstić information content (AvgIpc) is 3.51. The van der Waals surface area contributed by atoms with Gasteiger partial charge in [-0.15, -0.1) is 10.2 Å². The van der Waals surface area contributed by atoms with Gasteiger partial charge in [0.2, 0.25) is 0 Å². The molecule has 1 saturated carbocycles. The van der Waals surface area contributed by atoms with E-state index in [0.717, 1.165) is 29.8 Å². The van der Waals surface area contributed by atoms with Gasteiger partial charge in [-0.25, -0.2) is 18.7 Å². The quantitative estimate of drug-likeness (QED) is 0.418. The van der Waals surface area contributed by atoms with Gasteiger partial charge in [0.05, 0.1) is 40.8 Å². The number of rotatable bonds is 6. The summed E-state index contributed by atoms with van der Waals surface area (Å²) in [5.41, 5.74) is 2.40. The smallest absolute Gasteiger partial charge is 0.181 e. The minimum atomic E-state index is -0.659. The van der Waals surface area contributed by atoms with Gasteiger partial charge in [0.1, 0.15) is 17.3 Å². The summed E-state index contributed by atoms with van der Waals surface area (Å²) in [5, 5.41) is 27.0. The first-order valence-corrected chi connectivity index (χ1v) is 12.4. The van der Waals surface area contributed by atoms with Crippen molar-refractivity contribution in [3.63, 3.8) is 0 Å². The van der Waals surface area contributed by atoms with Crippen LogP contribution in [-0.2, 0) is 12.0 Å². The molecule has 0 amide bonds. The van der Waals surface area contributed by atoms with Crippen LogP contribution in [0.15, 0.2) is 42.7 Å².